The molecule has 0 aliphatic rings. The molecule has 0 saturated heterocycles. The third-order valence-corrected chi connectivity index (χ3v) is 1.37. The highest BCUT2D eigenvalue weighted by molar-refractivity contribution is 5.65. The second kappa shape index (κ2) is 4.76. The number of aromatic nitrogens is 1. The van der Waals surface area contributed by atoms with Crippen molar-refractivity contribution in [3.63, 3.8) is 0 Å². The number of rotatable bonds is 3. The van der Waals surface area contributed by atoms with Crippen LogP contribution in [0.4, 0.5) is 4.79 Å². The maximum Gasteiger partial charge on any atom is 0.514 e. The van der Waals surface area contributed by atoms with E-state index in [0.29, 0.717) is 0 Å². The van der Waals surface area contributed by atoms with Crippen molar-refractivity contribution in [2.75, 3.05) is 6.61 Å². The molecule has 1 rings (SSSR count). The highest BCUT2D eigenvalue weighted by Crippen LogP contribution is 2.29. The van der Waals surface area contributed by atoms with Gasteiger partial charge in [0.1, 0.15) is 6.61 Å². The Hall–Kier alpha value is -2.36. The number of hydrogen-bond donors (Lipinski definition) is 3. The predicted molar refractivity (Wildman–Crippen MR) is 46.3 cm³/mol. The summed E-state index contributed by atoms with van der Waals surface area (Å²) < 4.78 is 8.96. The fraction of sp³-hybridized carbons (Fsp3) is 0.250. The van der Waals surface area contributed by atoms with Gasteiger partial charge in [-0.25, -0.2) is 4.79 Å². The van der Waals surface area contributed by atoms with Crippen LogP contribution in [-0.2, 0) is 4.74 Å². The molecule has 7 heteroatoms. The second-order valence-corrected chi connectivity index (χ2v) is 2.48. The van der Waals surface area contributed by atoms with Gasteiger partial charge < -0.3 is 19.7 Å². The summed E-state index contributed by atoms with van der Waals surface area (Å²) in [4.78, 5) is 13.0. The van der Waals surface area contributed by atoms with Crippen molar-refractivity contribution in [3.05, 3.63) is 6.07 Å². The highest BCUT2D eigenvalue weighted by atomic mass is 16.7. The van der Waals surface area contributed by atoms with Crippen molar-refractivity contribution in [1.82, 2.24) is 4.98 Å². The van der Waals surface area contributed by atoms with E-state index in [2.05, 4.69) is 14.5 Å². The summed E-state index contributed by atoms with van der Waals surface area (Å²) in [6, 6.07) is 2.79. The fourth-order valence-corrected chi connectivity index (χ4v) is 0.789. The molecule has 0 unspecified atom stereocenters. The first-order chi connectivity index (χ1) is 7.13. The Bertz CT molecular complexity index is 392. The minimum absolute atomic E-state index is 0.0550. The summed E-state index contributed by atoms with van der Waals surface area (Å²) in [5.74, 6) is -1.06. The molecule has 0 amide bonds. The molecule has 0 saturated carbocycles. The van der Waals surface area contributed by atoms with E-state index in [9.17, 15) is 4.79 Å². The van der Waals surface area contributed by atoms with Crippen molar-refractivity contribution in [2.45, 2.75) is 6.42 Å². The highest BCUT2D eigenvalue weighted by Gasteiger charge is 2.13. The largest absolute Gasteiger partial charge is 0.514 e. The first-order valence-corrected chi connectivity index (χ1v) is 3.96. The topological polar surface area (TPSA) is 116 Å². The van der Waals surface area contributed by atoms with Crippen molar-refractivity contribution in [2.24, 2.45) is 0 Å². The average molecular weight is 212 g/mol. The number of carbonyl (C=O) groups is 1. The smallest absolute Gasteiger partial charge is 0.494 e. The summed E-state index contributed by atoms with van der Waals surface area (Å²) >= 11 is 0. The number of aromatic amines is 1. The minimum Gasteiger partial charge on any atom is -0.494 e. The molecule has 80 valence electrons. The van der Waals surface area contributed by atoms with Crippen LogP contribution < -0.4 is 4.74 Å². The van der Waals surface area contributed by atoms with E-state index in [0.717, 1.165) is 6.07 Å². The fourth-order valence-electron chi connectivity index (χ4n) is 0.789. The third-order valence-electron chi connectivity index (χ3n) is 1.37. The monoisotopic (exact) mass is 212 g/mol. The summed E-state index contributed by atoms with van der Waals surface area (Å²) in [5.41, 5.74) is 0. The zero-order chi connectivity index (χ0) is 11.3. The lowest BCUT2D eigenvalue weighted by Gasteiger charge is -2.01. The molecule has 3 N–H and O–H groups in total. The Labute approximate surface area is 84.5 Å². The van der Waals surface area contributed by atoms with Gasteiger partial charge in [0.15, 0.2) is 11.6 Å². The number of carbonyl (C=O) groups excluding carboxylic acids is 1. The lowest BCUT2D eigenvalue weighted by molar-refractivity contribution is 0.0999. The first-order valence-electron chi connectivity index (χ1n) is 3.96. The van der Waals surface area contributed by atoms with Gasteiger partial charge in [-0.1, -0.05) is 0 Å². The molecule has 0 aliphatic heterocycles. The van der Waals surface area contributed by atoms with Crippen LogP contribution in [0.25, 0.3) is 0 Å². The van der Waals surface area contributed by atoms with E-state index in [-0.39, 0.29) is 24.7 Å². The van der Waals surface area contributed by atoms with Crippen LogP contribution in [0.1, 0.15) is 6.42 Å². The number of aromatic hydroxyl groups is 2. The molecular formula is C8H8N2O5. The number of nitriles is 1. The molecule has 0 bridgehead atoms. The minimum atomic E-state index is -1.06. The summed E-state index contributed by atoms with van der Waals surface area (Å²) in [6.45, 7) is -0.0908. The summed E-state index contributed by atoms with van der Waals surface area (Å²) in [6.07, 6.45) is -1.00. The molecular weight excluding hydrogens is 204 g/mol. The second-order valence-electron chi connectivity index (χ2n) is 2.48. The van der Waals surface area contributed by atoms with Crippen LogP contribution in [-0.4, -0.2) is 28.0 Å². The Morgan fingerprint density at radius 3 is 2.87 bits per heavy atom. The van der Waals surface area contributed by atoms with E-state index in [1.807, 2.05) is 0 Å². The van der Waals surface area contributed by atoms with Gasteiger partial charge in [0.25, 0.3) is 0 Å². The standard InChI is InChI=1S/C8H8N2O5/c9-2-1-3-14-8(13)15-5-4-6(11)10-7(5)12/h4,10-12H,1,3H2. The zero-order valence-electron chi connectivity index (χ0n) is 7.56. The Balaban J connectivity index is 2.45. The van der Waals surface area contributed by atoms with E-state index in [4.69, 9.17) is 15.5 Å². The molecule has 0 fully saturated rings. The van der Waals surface area contributed by atoms with Crippen LogP contribution in [0.15, 0.2) is 6.07 Å². The van der Waals surface area contributed by atoms with Gasteiger partial charge in [0, 0.05) is 6.07 Å². The number of nitrogens with one attached hydrogen (secondary N) is 1. The van der Waals surface area contributed by atoms with Gasteiger partial charge in [-0.05, 0) is 0 Å². The molecule has 0 radical (unpaired) electrons. The first kappa shape index (κ1) is 10.7. The SMILES string of the molecule is N#CCCOC(=O)Oc1cc(O)[nH]c1O. The maximum atomic E-state index is 10.9. The van der Waals surface area contributed by atoms with E-state index in [1.54, 1.807) is 6.07 Å². The number of ether oxygens (including phenoxy) is 2. The van der Waals surface area contributed by atoms with Crippen LogP contribution in [0.5, 0.6) is 17.5 Å². The van der Waals surface area contributed by atoms with Crippen molar-refractivity contribution in [1.29, 1.82) is 5.26 Å². The van der Waals surface area contributed by atoms with Crippen LogP contribution >= 0.6 is 0 Å². The van der Waals surface area contributed by atoms with Crippen molar-refractivity contribution < 1.29 is 24.5 Å². The third kappa shape index (κ3) is 3.11. The van der Waals surface area contributed by atoms with Gasteiger partial charge in [0.05, 0.1) is 12.5 Å². The zero-order valence-corrected chi connectivity index (χ0v) is 7.56. The van der Waals surface area contributed by atoms with Gasteiger partial charge >= 0.3 is 6.16 Å². The molecule has 0 aromatic carbocycles. The Morgan fingerprint density at radius 2 is 2.33 bits per heavy atom. The average Bonchev–Trinajstić information content (AvgIpc) is 2.45. The maximum absolute atomic E-state index is 10.9. The van der Waals surface area contributed by atoms with Gasteiger partial charge in [0.2, 0.25) is 5.88 Å². The molecule has 0 aliphatic carbocycles. The van der Waals surface area contributed by atoms with Gasteiger partial charge in [-0.3, -0.25) is 4.98 Å². The van der Waals surface area contributed by atoms with E-state index >= 15 is 0 Å². The Kier molecular flexibility index (Phi) is 3.40. The van der Waals surface area contributed by atoms with Gasteiger partial charge in [-0.15, -0.1) is 0 Å². The molecule has 1 aromatic rings. The lowest BCUT2D eigenvalue weighted by atomic mass is 10.5. The number of nitrogens with zero attached hydrogens (tertiary/aromatic N) is 1. The molecule has 0 spiro atoms. The van der Waals surface area contributed by atoms with Crippen molar-refractivity contribution in [3.8, 4) is 23.6 Å². The number of hydrogen-bond acceptors (Lipinski definition) is 6. The quantitative estimate of drug-likeness (QED) is 0.505. The molecule has 7 nitrogen and oxygen atoms in total. The van der Waals surface area contributed by atoms with Crippen molar-refractivity contribution >= 4 is 6.16 Å². The lowest BCUT2D eigenvalue weighted by Crippen LogP contribution is -2.10. The van der Waals surface area contributed by atoms with E-state index < -0.39 is 12.0 Å². The summed E-state index contributed by atoms with van der Waals surface area (Å²) in [5, 5.41) is 26.1. The van der Waals surface area contributed by atoms with E-state index in [1.165, 1.54) is 0 Å². The molecule has 15 heavy (non-hydrogen) atoms. The predicted octanol–water partition coefficient (Wildman–Crippen LogP) is 0.855. The normalized spacial score (nSPS) is 9.27. The van der Waals surface area contributed by atoms with Crippen LogP contribution in [0, 0.1) is 11.3 Å². The summed E-state index contributed by atoms with van der Waals surface area (Å²) in [7, 11) is 0. The van der Waals surface area contributed by atoms with Crippen LogP contribution in [0.3, 0.4) is 0 Å². The molecule has 0 atom stereocenters. The Morgan fingerprint density at radius 1 is 1.60 bits per heavy atom. The molecule has 1 aromatic heterocycles. The van der Waals surface area contributed by atoms with Crippen LogP contribution in [0.2, 0.25) is 0 Å². The van der Waals surface area contributed by atoms with Gasteiger partial charge in [-0.2, -0.15) is 5.26 Å². The molecule has 1 heterocycles. The number of H-pyrrole nitrogens is 1.